The van der Waals surface area contributed by atoms with Crippen molar-refractivity contribution in [2.24, 2.45) is 0 Å². The summed E-state index contributed by atoms with van der Waals surface area (Å²) in [6.07, 6.45) is -9.40. The third kappa shape index (κ3) is 3.19. The summed E-state index contributed by atoms with van der Waals surface area (Å²) < 4.78 is 32.2. The summed E-state index contributed by atoms with van der Waals surface area (Å²) >= 11 is 0. The lowest BCUT2D eigenvalue weighted by Gasteiger charge is -2.38. The molecule has 0 aromatic carbocycles. The van der Waals surface area contributed by atoms with E-state index in [4.69, 9.17) is 20.0 Å². The lowest BCUT2D eigenvalue weighted by molar-refractivity contribution is -0.265. The van der Waals surface area contributed by atoms with E-state index in [0.29, 0.717) is 0 Å². The third-order valence-electron chi connectivity index (χ3n) is 2.05. The number of ether oxygens (including phenoxy) is 1. The summed E-state index contributed by atoms with van der Waals surface area (Å²) in [5, 5.41) is 27.1. The third-order valence-corrected chi connectivity index (χ3v) is 2.53. The van der Waals surface area contributed by atoms with Crippen molar-refractivity contribution in [2.75, 3.05) is 6.61 Å². The van der Waals surface area contributed by atoms with Crippen molar-refractivity contribution in [3.8, 4) is 0 Å². The normalized spacial score (nSPS) is 41.0. The maximum absolute atomic E-state index is 13.2. The molecule has 1 fully saturated rings. The van der Waals surface area contributed by atoms with E-state index in [0.717, 1.165) is 0 Å². The monoisotopic (exact) mass is 262 g/mol. The smallest absolute Gasteiger partial charge is 0.394 e. The molecule has 1 aliphatic rings. The number of hydrogen-bond acceptors (Lipinski definition) is 6. The molecule has 0 amide bonds. The molecule has 5 atom stereocenters. The predicted molar refractivity (Wildman–Crippen MR) is 45.8 cm³/mol. The Morgan fingerprint density at radius 2 is 1.88 bits per heavy atom. The van der Waals surface area contributed by atoms with Crippen molar-refractivity contribution in [3.05, 3.63) is 0 Å². The van der Waals surface area contributed by atoms with Crippen molar-refractivity contribution in [2.45, 2.75) is 30.8 Å². The van der Waals surface area contributed by atoms with Crippen LogP contribution in [0.5, 0.6) is 0 Å². The average Bonchev–Trinajstić information content (AvgIpc) is 2.17. The number of rotatable bonds is 3. The number of aliphatic hydroxyl groups excluding tert-OH is 3. The van der Waals surface area contributed by atoms with Crippen LogP contribution in [0.4, 0.5) is 4.39 Å². The van der Waals surface area contributed by atoms with Crippen LogP contribution in [-0.2, 0) is 13.8 Å². The van der Waals surface area contributed by atoms with E-state index in [2.05, 4.69) is 9.26 Å². The van der Waals surface area contributed by atoms with E-state index >= 15 is 0 Å². The number of hydrogen-bond donors (Lipinski definition) is 5. The fourth-order valence-corrected chi connectivity index (χ4v) is 1.70. The Morgan fingerprint density at radius 3 is 2.31 bits per heavy atom. The molecule has 10 heteroatoms. The number of phosphoric ester groups is 1. The van der Waals surface area contributed by atoms with E-state index in [1.54, 1.807) is 0 Å². The van der Waals surface area contributed by atoms with Gasteiger partial charge in [-0.15, -0.1) is 0 Å². The van der Waals surface area contributed by atoms with Gasteiger partial charge in [0.25, 0.3) is 0 Å². The second kappa shape index (κ2) is 5.03. The molecule has 16 heavy (non-hydrogen) atoms. The van der Waals surface area contributed by atoms with Crippen LogP contribution in [0.15, 0.2) is 0 Å². The Hall–Kier alpha value is -0.120. The van der Waals surface area contributed by atoms with Gasteiger partial charge in [0.1, 0.15) is 18.3 Å². The van der Waals surface area contributed by atoms with Crippen LogP contribution in [0.3, 0.4) is 0 Å². The number of halogens is 1. The Labute approximate surface area is 89.5 Å². The standard InChI is InChI=1S/C6H12FO8P/c7-3-5(10)4(9)2(1-8)14-6(3)15-16(11,12)13/h2-6,8-10H,1H2,(H2,11,12,13)/t2-,3-,4-,5-,6?/m1/s1. The summed E-state index contributed by atoms with van der Waals surface area (Å²) in [5.41, 5.74) is 0. The summed E-state index contributed by atoms with van der Waals surface area (Å²) in [4.78, 5) is 16.9. The van der Waals surface area contributed by atoms with Gasteiger partial charge in [-0.3, -0.25) is 4.52 Å². The van der Waals surface area contributed by atoms with E-state index in [1.807, 2.05) is 0 Å². The van der Waals surface area contributed by atoms with Crippen LogP contribution in [0.25, 0.3) is 0 Å². The van der Waals surface area contributed by atoms with Crippen molar-refractivity contribution in [1.82, 2.24) is 0 Å². The molecular weight excluding hydrogens is 250 g/mol. The molecule has 0 aromatic rings. The van der Waals surface area contributed by atoms with Crippen LogP contribution in [0.1, 0.15) is 0 Å². The molecule has 1 aliphatic heterocycles. The van der Waals surface area contributed by atoms with Crippen molar-refractivity contribution in [3.63, 3.8) is 0 Å². The van der Waals surface area contributed by atoms with Crippen LogP contribution >= 0.6 is 7.82 Å². The number of aliphatic hydroxyl groups is 3. The van der Waals surface area contributed by atoms with Gasteiger partial charge in [0.2, 0.25) is 6.29 Å². The van der Waals surface area contributed by atoms with Gasteiger partial charge < -0.3 is 29.8 Å². The molecule has 1 rings (SSSR count). The maximum atomic E-state index is 13.2. The summed E-state index contributed by atoms with van der Waals surface area (Å²) in [7, 11) is -4.99. The summed E-state index contributed by atoms with van der Waals surface area (Å²) in [5.74, 6) is 0. The van der Waals surface area contributed by atoms with Gasteiger partial charge in [-0.1, -0.05) is 0 Å². The fourth-order valence-electron chi connectivity index (χ4n) is 1.27. The van der Waals surface area contributed by atoms with Crippen molar-refractivity contribution < 1.29 is 43.3 Å². The molecule has 1 heterocycles. The molecule has 0 bridgehead atoms. The molecule has 1 unspecified atom stereocenters. The highest BCUT2D eigenvalue weighted by atomic mass is 31.2. The first-order valence-corrected chi connectivity index (χ1v) is 5.79. The maximum Gasteiger partial charge on any atom is 0.472 e. The van der Waals surface area contributed by atoms with E-state index < -0.39 is 45.2 Å². The Morgan fingerprint density at radius 1 is 1.31 bits per heavy atom. The Kier molecular flexibility index (Phi) is 4.38. The topological polar surface area (TPSA) is 137 Å². The zero-order valence-corrected chi connectivity index (χ0v) is 8.77. The van der Waals surface area contributed by atoms with Crippen molar-refractivity contribution >= 4 is 7.82 Å². The quantitative estimate of drug-likeness (QED) is 0.364. The lowest BCUT2D eigenvalue weighted by Crippen LogP contribution is -2.57. The lowest BCUT2D eigenvalue weighted by atomic mass is 10.0. The Bertz CT molecular complexity index is 280. The van der Waals surface area contributed by atoms with Gasteiger partial charge in [0.05, 0.1) is 6.61 Å². The van der Waals surface area contributed by atoms with Gasteiger partial charge in [-0.25, -0.2) is 8.96 Å². The first-order valence-electron chi connectivity index (χ1n) is 4.26. The van der Waals surface area contributed by atoms with E-state index in [-0.39, 0.29) is 0 Å². The minimum atomic E-state index is -4.99. The first kappa shape index (κ1) is 13.9. The highest BCUT2D eigenvalue weighted by molar-refractivity contribution is 7.46. The van der Waals surface area contributed by atoms with Crippen molar-refractivity contribution in [1.29, 1.82) is 0 Å². The zero-order chi connectivity index (χ0) is 12.5. The molecule has 0 aromatic heterocycles. The van der Waals surface area contributed by atoms with Gasteiger partial charge in [0.15, 0.2) is 6.17 Å². The number of phosphoric acid groups is 1. The minimum Gasteiger partial charge on any atom is -0.394 e. The molecular formula is C6H12FO8P. The summed E-state index contributed by atoms with van der Waals surface area (Å²) in [6, 6.07) is 0. The molecule has 1 saturated heterocycles. The SMILES string of the molecule is O=P(O)(O)OC1O[C@H](CO)[C@@H](O)[C@H](O)[C@H]1F. The van der Waals surface area contributed by atoms with Crippen LogP contribution < -0.4 is 0 Å². The molecule has 96 valence electrons. The van der Waals surface area contributed by atoms with E-state index in [9.17, 15) is 14.1 Å². The highest BCUT2D eigenvalue weighted by Gasteiger charge is 2.47. The number of alkyl halides is 1. The molecule has 8 nitrogen and oxygen atoms in total. The van der Waals surface area contributed by atoms with Crippen LogP contribution in [0.2, 0.25) is 0 Å². The molecule has 0 radical (unpaired) electrons. The van der Waals surface area contributed by atoms with Gasteiger partial charge in [-0.05, 0) is 0 Å². The second-order valence-electron chi connectivity index (χ2n) is 3.25. The van der Waals surface area contributed by atoms with Gasteiger partial charge >= 0.3 is 7.82 Å². The largest absolute Gasteiger partial charge is 0.472 e. The van der Waals surface area contributed by atoms with E-state index in [1.165, 1.54) is 0 Å². The van der Waals surface area contributed by atoms with Gasteiger partial charge in [0, 0.05) is 0 Å². The molecule has 5 N–H and O–H groups in total. The zero-order valence-electron chi connectivity index (χ0n) is 7.88. The average molecular weight is 262 g/mol. The molecule has 0 aliphatic carbocycles. The minimum absolute atomic E-state index is 0.758. The van der Waals surface area contributed by atoms with Gasteiger partial charge in [-0.2, -0.15) is 0 Å². The van der Waals surface area contributed by atoms with Crippen LogP contribution in [0, 0.1) is 0 Å². The fraction of sp³-hybridized carbons (Fsp3) is 1.00. The summed E-state index contributed by atoms with van der Waals surface area (Å²) in [6.45, 7) is -0.758. The Balaban J connectivity index is 2.75. The predicted octanol–water partition coefficient (Wildman–Crippen LogP) is -2.13. The highest BCUT2D eigenvalue weighted by Crippen LogP contribution is 2.41. The first-order chi connectivity index (χ1) is 7.26. The molecule has 0 saturated carbocycles. The van der Waals surface area contributed by atoms with Crippen LogP contribution in [-0.4, -0.2) is 62.5 Å². The molecule has 0 spiro atoms. The second-order valence-corrected chi connectivity index (χ2v) is 4.44.